The van der Waals surface area contributed by atoms with Crippen molar-refractivity contribution < 1.29 is 0 Å². The number of nitrogens with one attached hydrogen (secondary N) is 1. The van der Waals surface area contributed by atoms with Gasteiger partial charge in [0.2, 0.25) is 0 Å². The Bertz CT molecular complexity index is 89.0. The van der Waals surface area contributed by atoms with E-state index in [2.05, 4.69) is 33.0 Å². The normalized spacial score (nSPS) is 13.8. The molecule has 0 fully saturated rings. The van der Waals surface area contributed by atoms with Crippen LogP contribution in [0.2, 0.25) is 0 Å². The van der Waals surface area contributed by atoms with Gasteiger partial charge in [-0.05, 0) is 32.2 Å². The average molecular weight is 171 g/mol. The second kappa shape index (κ2) is 7.60. The first-order valence-corrected chi connectivity index (χ1v) is 5.40. The Morgan fingerprint density at radius 1 is 1.08 bits per heavy atom. The number of hydrogen-bond donors (Lipinski definition) is 1. The molecule has 0 aromatic carbocycles. The number of unbranched alkanes of at least 4 members (excludes halogenated alkanes) is 1. The first-order valence-electron chi connectivity index (χ1n) is 5.40. The Balaban J connectivity index is 3.13. The Kier molecular flexibility index (Phi) is 7.58. The van der Waals surface area contributed by atoms with E-state index in [0.29, 0.717) is 6.04 Å². The van der Waals surface area contributed by atoms with E-state index in [0.717, 1.165) is 5.92 Å². The number of rotatable bonds is 7. The van der Waals surface area contributed by atoms with Gasteiger partial charge in [0.25, 0.3) is 0 Å². The van der Waals surface area contributed by atoms with Gasteiger partial charge in [0.05, 0.1) is 0 Å². The predicted molar refractivity (Wildman–Crippen MR) is 56.4 cm³/mol. The van der Waals surface area contributed by atoms with Crippen molar-refractivity contribution in [3.63, 3.8) is 0 Å². The van der Waals surface area contributed by atoms with Crippen molar-refractivity contribution in [3.8, 4) is 0 Å². The quantitative estimate of drug-likeness (QED) is 0.620. The highest BCUT2D eigenvalue weighted by atomic mass is 14.9. The van der Waals surface area contributed by atoms with E-state index < -0.39 is 0 Å². The maximum Gasteiger partial charge on any atom is 0.00387 e. The van der Waals surface area contributed by atoms with Gasteiger partial charge < -0.3 is 5.32 Å². The summed E-state index contributed by atoms with van der Waals surface area (Å²) in [7, 11) is 0. The van der Waals surface area contributed by atoms with Gasteiger partial charge in [0, 0.05) is 6.04 Å². The van der Waals surface area contributed by atoms with Gasteiger partial charge >= 0.3 is 0 Å². The molecule has 1 atom stereocenters. The fourth-order valence-corrected chi connectivity index (χ4v) is 1.23. The fourth-order valence-electron chi connectivity index (χ4n) is 1.23. The fraction of sp³-hybridized carbons (Fsp3) is 1.00. The Hall–Kier alpha value is -0.0400. The third-order valence-electron chi connectivity index (χ3n) is 2.21. The van der Waals surface area contributed by atoms with Crippen LogP contribution in [-0.4, -0.2) is 12.6 Å². The Morgan fingerprint density at radius 2 is 1.75 bits per heavy atom. The lowest BCUT2D eigenvalue weighted by Gasteiger charge is -2.13. The monoisotopic (exact) mass is 171 g/mol. The third-order valence-corrected chi connectivity index (χ3v) is 2.21. The van der Waals surface area contributed by atoms with E-state index in [9.17, 15) is 0 Å². The van der Waals surface area contributed by atoms with E-state index >= 15 is 0 Å². The zero-order valence-electron chi connectivity index (χ0n) is 9.19. The highest BCUT2D eigenvalue weighted by Crippen LogP contribution is 2.01. The summed E-state index contributed by atoms with van der Waals surface area (Å²) in [6.07, 6.45) is 5.30. The molecular formula is C11H25N. The molecule has 12 heavy (non-hydrogen) atoms. The molecule has 0 aliphatic rings. The highest BCUT2D eigenvalue weighted by Gasteiger charge is 2.00. The van der Waals surface area contributed by atoms with Gasteiger partial charge in [0.15, 0.2) is 0 Å². The summed E-state index contributed by atoms with van der Waals surface area (Å²) in [5, 5.41) is 3.55. The summed E-state index contributed by atoms with van der Waals surface area (Å²) >= 11 is 0. The molecule has 0 saturated carbocycles. The third kappa shape index (κ3) is 8.06. The molecule has 0 bridgehead atoms. The molecule has 74 valence electrons. The van der Waals surface area contributed by atoms with E-state index in [4.69, 9.17) is 0 Å². The Morgan fingerprint density at radius 3 is 2.25 bits per heavy atom. The van der Waals surface area contributed by atoms with Gasteiger partial charge in [-0.2, -0.15) is 0 Å². The van der Waals surface area contributed by atoms with E-state index in [1.807, 2.05) is 0 Å². The summed E-state index contributed by atoms with van der Waals surface area (Å²) in [5.41, 5.74) is 0. The predicted octanol–water partition coefficient (Wildman–Crippen LogP) is 3.20. The van der Waals surface area contributed by atoms with Crippen molar-refractivity contribution >= 4 is 0 Å². The number of hydrogen-bond acceptors (Lipinski definition) is 1. The molecule has 0 heterocycles. The van der Waals surface area contributed by atoms with Crippen molar-refractivity contribution in [3.05, 3.63) is 0 Å². The molecule has 0 spiro atoms. The van der Waals surface area contributed by atoms with Crippen molar-refractivity contribution in [1.29, 1.82) is 0 Å². The molecule has 0 aromatic rings. The molecule has 0 aliphatic heterocycles. The minimum atomic E-state index is 0.712. The van der Waals surface area contributed by atoms with Crippen LogP contribution < -0.4 is 5.32 Å². The second-order valence-corrected chi connectivity index (χ2v) is 4.18. The minimum Gasteiger partial charge on any atom is -0.314 e. The van der Waals surface area contributed by atoms with Gasteiger partial charge in [-0.25, -0.2) is 0 Å². The molecule has 0 aliphatic carbocycles. The second-order valence-electron chi connectivity index (χ2n) is 4.18. The summed E-state index contributed by atoms with van der Waals surface area (Å²) in [6, 6.07) is 0.712. The van der Waals surface area contributed by atoms with Gasteiger partial charge in [-0.15, -0.1) is 0 Å². The van der Waals surface area contributed by atoms with Gasteiger partial charge in [-0.1, -0.05) is 33.6 Å². The summed E-state index contributed by atoms with van der Waals surface area (Å²) in [6.45, 7) is 10.3. The highest BCUT2D eigenvalue weighted by molar-refractivity contribution is 4.60. The molecule has 0 rings (SSSR count). The molecule has 1 nitrogen and oxygen atoms in total. The summed E-state index contributed by atoms with van der Waals surface area (Å²) in [4.78, 5) is 0. The first kappa shape index (κ1) is 12.0. The molecule has 0 saturated heterocycles. The molecule has 1 heteroatoms. The van der Waals surface area contributed by atoms with Crippen LogP contribution in [0, 0.1) is 5.92 Å². The van der Waals surface area contributed by atoms with Crippen LogP contribution in [0.15, 0.2) is 0 Å². The van der Waals surface area contributed by atoms with E-state index in [1.54, 1.807) is 0 Å². The molecule has 1 unspecified atom stereocenters. The first-order chi connectivity index (χ1) is 5.66. The maximum absolute atomic E-state index is 3.55. The van der Waals surface area contributed by atoms with E-state index in [-0.39, 0.29) is 0 Å². The minimum absolute atomic E-state index is 0.712. The van der Waals surface area contributed by atoms with Crippen molar-refractivity contribution in [1.82, 2.24) is 5.32 Å². The van der Waals surface area contributed by atoms with Crippen LogP contribution >= 0.6 is 0 Å². The van der Waals surface area contributed by atoms with E-state index in [1.165, 1.54) is 32.2 Å². The average Bonchev–Trinajstić information content (AvgIpc) is 2.00. The van der Waals surface area contributed by atoms with Crippen LogP contribution in [0.4, 0.5) is 0 Å². The summed E-state index contributed by atoms with van der Waals surface area (Å²) in [5.74, 6) is 0.830. The molecule has 0 amide bonds. The van der Waals surface area contributed by atoms with Crippen LogP contribution in [0.3, 0.4) is 0 Å². The van der Waals surface area contributed by atoms with Crippen molar-refractivity contribution in [2.45, 2.75) is 59.4 Å². The lowest BCUT2D eigenvalue weighted by Crippen LogP contribution is -2.27. The SMILES string of the molecule is CCCCC(C)NCCC(C)C. The molecule has 0 aromatic heterocycles. The van der Waals surface area contributed by atoms with Crippen LogP contribution in [0.5, 0.6) is 0 Å². The van der Waals surface area contributed by atoms with Gasteiger partial charge in [-0.3, -0.25) is 0 Å². The molecule has 1 N–H and O–H groups in total. The van der Waals surface area contributed by atoms with Gasteiger partial charge in [0.1, 0.15) is 0 Å². The van der Waals surface area contributed by atoms with Crippen LogP contribution in [-0.2, 0) is 0 Å². The lowest BCUT2D eigenvalue weighted by atomic mass is 10.1. The Labute approximate surface area is 77.9 Å². The zero-order valence-corrected chi connectivity index (χ0v) is 9.19. The maximum atomic E-state index is 3.55. The van der Waals surface area contributed by atoms with Crippen LogP contribution in [0.25, 0.3) is 0 Å². The smallest absolute Gasteiger partial charge is 0.00387 e. The molecule has 0 radical (unpaired) electrons. The zero-order chi connectivity index (χ0) is 9.40. The van der Waals surface area contributed by atoms with Crippen molar-refractivity contribution in [2.75, 3.05) is 6.54 Å². The molecular weight excluding hydrogens is 146 g/mol. The lowest BCUT2D eigenvalue weighted by molar-refractivity contribution is 0.459. The standard InChI is InChI=1S/C11H25N/c1-5-6-7-11(4)12-9-8-10(2)3/h10-12H,5-9H2,1-4H3. The van der Waals surface area contributed by atoms with Crippen molar-refractivity contribution in [2.24, 2.45) is 5.92 Å². The topological polar surface area (TPSA) is 12.0 Å². The van der Waals surface area contributed by atoms with Crippen LogP contribution in [0.1, 0.15) is 53.4 Å². The largest absolute Gasteiger partial charge is 0.314 e. The summed E-state index contributed by atoms with van der Waals surface area (Å²) < 4.78 is 0.